The van der Waals surface area contributed by atoms with Gasteiger partial charge in [0.05, 0.1) is 20.3 Å². The lowest BCUT2D eigenvalue weighted by Crippen LogP contribution is -2.48. The molecule has 0 radical (unpaired) electrons. The highest BCUT2D eigenvalue weighted by Crippen LogP contribution is 2.39. The minimum atomic E-state index is -0.393. The molecule has 1 aliphatic rings. The summed E-state index contributed by atoms with van der Waals surface area (Å²) in [6, 6.07) is 5.51. The maximum absolute atomic E-state index is 5.97. The predicted octanol–water partition coefficient (Wildman–Crippen LogP) is 2.22. The number of hydrogen-bond donors (Lipinski definition) is 0. The van der Waals surface area contributed by atoms with Gasteiger partial charge < -0.3 is 14.2 Å². The van der Waals surface area contributed by atoms with E-state index < -0.39 is 5.60 Å². The van der Waals surface area contributed by atoms with Gasteiger partial charge in [-0.05, 0) is 18.2 Å². The van der Waals surface area contributed by atoms with Crippen LogP contribution in [0.4, 0.5) is 0 Å². The van der Waals surface area contributed by atoms with Crippen LogP contribution in [0.3, 0.4) is 0 Å². The predicted molar refractivity (Wildman–Crippen MR) is 57.5 cm³/mol. The zero-order chi connectivity index (χ0) is 10.9. The van der Waals surface area contributed by atoms with E-state index in [9.17, 15) is 0 Å². The fourth-order valence-corrected chi connectivity index (χ4v) is 1.88. The lowest BCUT2D eigenvalue weighted by molar-refractivity contribution is -0.203. The Labute approximate surface area is 93.9 Å². The van der Waals surface area contributed by atoms with Gasteiger partial charge in [-0.15, -0.1) is 0 Å². The van der Waals surface area contributed by atoms with Crippen molar-refractivity contribution in [3.8, 4) is 5.75 Å². The van der Waals surface area contributed by atoms with Crippen LogP contribution in [-0.4, -0.2) is 27.4 Å². The summed E-state index contributed by atoms with van der Waals surface area (Å²) in [4.78, 5) is 0. The molecule has 0 N–H and O–H groups in total. The molecule has 1 aromatic carbocycles. The molecule has 3 nitrogen and oxygen atoms in total. The maximum atomic E-state index is 5.97. The molecule has 0 aliphatic carbocycles. The van der Waals surface area contributed by atoms with E-state index in [2.05, 4.69) is 0 Å². The van der Waals surface area contributed by atoms with Crippen LogP contribution >= 0.6 is 11.6 Å². The van der Waals surface area contributed by atoms with Gasteiger partial charge in [0.2, 0.25) is 0 Å². The summed E-state index contributed by atoms with van der Waals surface area (Å²) < 4.78 is 16.0. The Morgan fingerprint density at radius 2 is 2.07 bits per heavy atom. The average molecular weight is 229 g/mol. The smallest absolute Gasteiger partial charge is 0.143 e. The van der Waals surface area contributed by atoms with Gasteiger partial charge in [0.15, 0.2) is 0 Å². The Balaban J connectivity index is 2.44. The van der Waals surface area contributed by atoms with E-state index in [0.717, 1.165) is 11.3 Å². The van der Waals surface area contributed by atoms with Crippen molar-refractivity contribution in [2.24, 2.45) is 0 Å². The average Bonchev–Trinajstić information content (AvgIpc) is 2.17. The van der Waals surface area contributed by atoms with Crippen LogP contribution in [0.1, 0.15) is 5.56 Å². The summed E-state index contributed by atoms with van der Waals surface area (Å²) in [7, 11) is 3.30. The minimum absolute atomic E-state index is 0.393. The van der Waals surface area contributed by atoms with Crippen LogP contribution < -0.4 is 4.74 Å². The van der Waals surface area contributed by atoms with Crippen molar-refractivity contribution in [1.82, 2.24) is 0 Å². The molecule has 2 rings (SSSR count). The third-order valence-corrected chi connectivity index (χ3v) is 2.95. The van der Waals surface area contributed by atoms with Crippen LogP contribution in [0.15, 0.2) is 18.2 Å². The topological polar surface area (TPSA) is 27.7 Å². The number of hydrogen-bond acceptors (Lipinski definition) is 3. The number of benzene rings is 1. The Morgan fingerprint density at radius 1 is 1.33 bits per heavy atom. The van der Waals surface area contributed by atoms with Gasteiger partial charge in [0.25, 0.3) is 0 Å². The second-order valence-electron chi connectivity index (χ2n) is 3.54. The number of rotatable bonds is 3. The Hall–Kier alpha value is -0.770. The first-order chi connectivity index (χ1) is 7.22. The lowest BCUT2D eigenvalue weighted by Gasteiger charge is -2.41. The summed E-state index contributed by atoms with van der Waals surface area (Å²) in [6.07, 6.45) is 0. The SMILES string of the molecule is COc1ccc(Cl)cc1C1(OC)COC1. The highest BCUT2D eigenvalue weighted by Gasteiger charge is 2.42. The molecule has 0 saturated carbocycles. The molecule has 0 bridgehead atoms. The maximum Gasteiger partial charge on any atom is 0.143 e. The van der Waals surface area contributed by atoms with Crippen LogP contribution in [0.5, 0.6) is 5.75 Å². The van der Waals surface area contributed by atoms with Crippen molar-refractivity contribution in [1.29, 1.82) is 0 Å². The molecule has 0 amide bonds. The second kappa shape index (κ2) is 4.00. The molecule has 1 heterocycles. The van der Waals surface area contributed by atoms with Gasteiger partial charge in [-0.2, -0.15) is 0 Å². The van der Waals surface area contributed by atoms with Gasteiger partial charge in [-0.1, -0.05) is 11.6 Å². The molecule has 4 heteroatoms. The molecule has 0 atom stereocenters. The van der Waals surface area contributed by atoms with Crippen molar-refractivity contribution in [2.45, 2.75) is 5.60 Å². The van der Waals surface area contributed by atoms with Crippen molar-refractivity contribution in [2.75, 3.05) is 27.4 Å². The normalized spacial score (nSPS) is 18.3. The highest BCUT2D eigenvalue weighted by atomic mass is 35.5. The third-order valence-electron chi connectivity index (χ3n) is 2.71. The first-order valence-electron chi connectivity index (χ1n) is 4.69. The summed E-state index contributed by atoms with van der Waals surface area (Å²) in [6.45, 7) is 1.08. The molecular weight excluding hydrogens is 216 g/mol. The molecule has 1 aliphatic heterocycles. The number of ether oxygens (including phenoxy) is 3. The lowest BCUT2D eigenvalue weighted by atomic mass is 9.91. The third kappa shape index (κ3) is 1.71. The monoisotopic (exact) mass is 228 g/mol. The minimum Gasteiger partial charge on any atom is -0.496 e. The molecule has 82 valence electrons. The molecular formula is C11H13ClO3. The summed E-state index contributed by atoms with van der Waals surface area (Å²) in [5, 5.41) is 0.675. The highest BCUT2D eigenvalue weighted by molar-refractivity contribution is 6.30. The zero-order valence-electron chi connectivity index (χ0n) is 8.75. The molecule has 0 aromatic heterocycles. The Morgan fingerprint density at radius 3 is 2.53 bits per heavy atom. The van der Waals surface area contributed by atoms with Gasteiger partial charge >= 0.3 is 0 Å². The standard InChI is InChI=1S/C11H13ClO3/c1-13-10-4-3-8(12)5-9(10)11(14-2)6-15-7-11/h3-5H,6-7H2,1-2H3. The van der Waals surface area contributed by atoms with Gasteiger partial charge in [0.1, 0.15) is 11.4 Å². The van der Waals surface area contributed by atoms with E-state index in [1.165, 1.54) is 0 Å². The summed E-state index contributed by atoms with van der Waals surface area (Å²) in [5.74, 6) is 0.782. The van der Waals surface area contributed by atoms with Crippen molar-refractivity contribution in [3.05, 3.63) is 28.8 Å². The van der Waals surface area contributed by atoms with E-state index in [1.54, 1.807) is 20.3 Å². The molecule has 1 aromatic rings. The molecule has 1 saturated heterocycles. The Bertz CT molecular complexity index is 355. The van der Waals surface area contributed by atoms with E-state index in [0.29, 0.717) is 18.2 Å². The second-order valence-corrected chi connectivity index (χ2v) is 3.97. The van der Waals surface area contributed by atoms with Crippen LogP contribution in [0.2, 0.25) is 5.02 Å². The fraction of sp³-hybridized carbons (Fsp3) is 0.455. The Kier molecular flexibility index (Phi) is 2.87. The number of halogens is 1. The first kappa shape index (κ1) is 10.7. The summed E-state index contributed by atoms with van der Waals surface area (Å²) >= 11 is 5.97. The quantitative estimate of drug-likeness (QED) is 0.794. The van der Waals surface area contributed by atoms with Gasteiger partial charge in [0, 0.05) is 17.7 Å². The van der Waals surface area contributed by atoms with Crippen LogP contribution in [0, 0.1) is 0 Å². The van der Waals surface area contributed by atoms with Gasteiger partial charge in [-0.25, -0.2) is 0 Å². The molecule has 0 unspecified atom stereocenters. The zero-order valence-corrected chi connectivity index (χ0v) is 9.50. The van der Waals surface area contributed by atoms with Crippen LogP contribution in [-0.2, 0) is 15.1 Å². The molecule has 0 spiro atoms. The molecule has 15 heavy (non-hydrogen) atoms. The van der Waals surface area contributed by atoms with Crippen molar-refractivity contribution >= 4 is 11.6 Å². The van der Waals surface area contributed by atoms with E-state index in [1.807, 2.05) is 12.1 Å². The van der Waals surface area contributed by atoms with E-state index >= 15 is 0 Å². The fourth-order valence-electron chi connectivity index (χ4n) is 1.71. The van der Waals surface area contributed by atoms with Gasteiger partial charge in [-0.3, -0.25) is 0 Å². The molecule has 1 fully saturated rings. The van der Waals surface area contributed by atoms with Crippen molar-refractivity contribution in [3.63, 3.8) is 0 Å². The largest absolute Gasteiger partial charge is 0.496 e. The number of methoxy groups -OCH3 is 2. The van der Waals surface area contributed by atoms with Crippen molar-refractivity contribution < 1.29 is 14.2 Å². The first-order valence-corrected chi connectivity index (χ1v) is 5.06. The van der Waals surface area contributed by atoms with E-state index in [-0.39, 0.29) is 0 Å². The summed E-state index contributed by atoms with van der Waals surface area (Å²) in [5.41, 5.74) is 0.558. The van der Waals surface area contributed by atoms with Crippen LogP contribution in [0.25, 0.3) is 0 Å². The van der Waals surface area contributed by atoms with E-state index in [4.69, 9.17) is 25.8 Å².